The zero-order chi connectivity index (χ0) is 16.8. The van der Waals surface area contributed by atoms with Crippen molar-refractivity contribution < 1.29 is 18.7 Å². The van der Waals surface area contributed by atoms with Crippen LogP contribution < -0.4 is 15.4 Å². The first-order valence-corrected chi connectivity index (χ1v) is 6.98. The fraction of sp³-hybridized carbons (Fsp3) is 0.176. The van der Waals surface area contributed by atoms with E-state index in [2.05, 4.69) is 10.6 Å². The molecule has 23 heavy (non-hydrogen) atoms. The van der Waals surface area contributed by atoms with Gasteiger partial charge in [-0.15, -0.1) is 0 Å². The molecule has 0 radical (unpaired) electrons. The van der Waals surface area contributed by atoms with E-state index in [0.717, 1.165) is 5.56 Å². The number of benzene rings is 2. The van der Waals surface area contributed by atoms with Gasteiger partial charge >= 0.3 is 0 Å². The van der Waals surface area contributed by atoms with E-state index in [1.54, 1.807) is 37.3 Å². The van der Waals surface area contributed by atoms with E-state index in [4.69, 9.17) is 4.74 Å². The van der Waals surface area contributed by atoms with E-state index in [-0.39, 0.29) is 12.5 Å². The summed E-state index contributed by atoms with van der Waals surface area (Å²) in [6, 6.07) is 10.6. The maximum absolute atomic E-state index is 13.2. The number of halogens is 1. The van der Waals surface area contributed by atoms with Gasteiger partial charge in [-0.3, -0.25) is 9.59 Å². The molecule has 2 rings (SSSR count). The van der Waals surface area contributed by atoms with Crippen molar-refractivity contribution in [1.29, 1.82) is 0 Å². The Morgan fingerprint density at radius 2 is 1.83 bits per heavy atom. The Hall–Kier alpha value is -2.89. The summed E-state index contributed by atoms with van der Waals surface area (Å²) in [6.45, 7) is 1.55. The Morgan fingerprint density at radius 3 is 2.48 bits per heavy atom. The predicted octanol–water partition coefficient (Wildman–Crippen LogP) is 2.51. The van der Waals surface area contributed by atoms with Crippen LogP contribution in [0.2, 0.25) is 0 Å². The van der Waals surface area contributed by atoms with Crippen molar-refractivity contribution >= 4 is 17.5 Å². The number of carbonyl (C=O) groups excluding carboxylic acids is 2. The monoisotopic (exact) mass is 316 g/mol. The quantitative estimate of drug-likeness (QED) is 0.890. The molecule has 2 aromatic rings. The van der Waals surface area contributed by atoms with Crippen LogP contribution in [0.3, 0.4) is 0 Å². The lowest BCUT2D eigenvalue weighted by atomic mass is 10.2. The maximum Gasteiger partial charge on any atom is 0.251 e. The summed E-state index contributed by atoms with van der Waals surface area (Å²) in [5.41, 5.74) is 1.54. The molecule has 0 spiro atoms. The number of nitrogens with one attached hydrogen (secondary N) is 2. The summed E-state index contributed by atoms with van der Waals surface area (Å²) in [7, 11) is 1.54. The van der Waals surface area contributed by atoms with Gasteiger partial charge in [-0.1, -0.05) is 6.07 Å². The lowest BCUT2D eigenvalue weighted by Crippen LogP contribution is -2.33. The average Bonchev–Trinajstić information content (AvgIpc) is 2.56. The van der Waals surface area contributed by atoms with Gasteiger partial charge in [-0.2, -0.15) is 0 Å². The van der Waals surface area contributed by atoms with Gasteiger partial charge in [0, 0.05) is 11.3 Å². The van der Waals surface area contributed by atoms with E-state index in [0.29, 0.717) is 17.0 Å². The second-order valence-corrected chi connectivity index (χ2v) is 4.92. The van der Waals surface area contributed by atoms with E-state index < -0.39 is 11.7 Å². The first-order valence-electron chi connectivity index (χ1n) is 6.98. The van der Waals surface area contributed by atoms with Crippen LogP contribution in [0.25, 0.3) is 0 Å². The SMILES string of the molecule is COc1ccc(C(=O)NCC(=O)Nc2cc(F)ccc2C)cc1. The number of hydrogen-bond donors (Lipinski definition) is 2. The topological polar surface area (TPSA) is 67.4 Å². The van der Waals surface area contributed by atoms with Gasteiger partial charge in [0.05, 0.1) is 13.7 Å². The third kappa shape index (κ3) is 4.54. The maximum atomic E-state index is 13.2. The second-order valence-electron chi connectivity index (χ2n) is 4.92. The summed E-state index contributed by atoms with van der Waals surface area (Å²) in [6.07, 6.45) is 0. The highest BCUT2D eigenvalue weighted by atomic mass is 19.1. The number of hydrogen-bond acceptors (Lipinski definition) is 3. The van der Waals surface area contributed by atoms with E-state index in [9.17, 15) is 14.0 Å². The molecule has 0 bridgehead atoms. The van der Waals surface area contributed by atoms with E-state index in [1.807, 2.05) is 0 Å². The Bertz CT molecular complexity index is 714. The summed E-state index contributed by atoms with van der Waals surface area (Å²) in [5, 5.41) is 5.07. The molecule has 0 fully saturated rings. The minimum absolute atomic E-state index is 0.208. The van der Waals surface area contributed by atoms with Crippen LogP contribution >= 0.6 is 0 Å². The van der Waals surface area contributed by atoms with E-state index in [1.165, 1.54) is 19.2 Å². The van der Waals surface area contributed by atoms with E-state index >= 15 is 0 Å². The van der Waals surface area contributed by atoms with Crippen LogP contribution in [0, 0.1) is 12.7 Å². The normalized spacial score (nSPS) is 10.0. The van der Waals surface area contributed by atoms with Crippen LogP contribution in [0.5, 0.6) is 5.75 Å². The Balaban J connectivity index is 1.90. The molecule has 2 amide bonds. The molecular formula is C17H17FN2O3. The molecule has 0 aliphatic carbocycles. The largest absolute Gasteiger partial charge is 0.497 e. The van der Waals surface area contributed by atoms with Crippen LogP contribution in [-0.2, 0) is 4.79 Å². The second kappa shape index (κ2) is 7.40. The number of rotatable bonds is 5. The number of ether oxygens (including phenoxy) is 1. The van der Waals surface area contributed by atoms with Gasteiger partial charge in [0.2, 0.25) is 5.91 Å². The Kier molecular flexibility index (Phi) is 5.30. The van der Waals surface area contributed by atoms with Crippen molar-refractivity contribution in [2.75, 3.05) is 19.0 Å². The van der Waals surface area contributed by atoms with Crippen molar-refractivity contribution in [3.8, 4) is 5.75 Å². The van der Waals surface area contributed by atoms with Crippen LogP contribution in [-0.4, -0.2) is 25.5 Å². The smallest absolute Gasteiger partial charge is 0.251 e. The molecular weight excluding hydrogens is 299 g/mol. The molecule has 2 aromatic carbocycles. The van der Waals surface area contributed by atoms with Gasteiger partial charge < -0.3 is 15.4 Å². The highest BCUT2D eigenvalue weighted by Crippen LogP contribution is 2.15. The van der Waals surface area contributed by atoms with Crippen LogP contribution in [0.1, 0.15) is 15.9 Å². The van der Waals surface area contributed by atoms with Crippen molar-refractivity contribution in [3.05, 3.63) is 59.4 Å². The third-order valence-corrected chi connectivity index (χ3v) is 3.24. The van der Waals surface area contributed by atoms with Crippen LogP contribution in [0.15, 0.2) is 42.5 Å². The van der Waals surface area contributed by atoms with Gasteiger partial charge in [0.25, 0.3) is 5.91 Å². The molecule has 0 atom stereocenters. The fourth-order valence-corrected chi connectivity index (χ4v) is 1.93. The highest BCUT2D eigenvalue weighted by molar-refractivity contribution is 5.99. The molecule has 120 valence electrons. The number of aryl methyl sites for hydroxylation is 1. The molecule has 0 aliphatic rings. The lowest BCUT2D eigenvalue weighted by molar-refractivity contribution is -0.115. The fourth-order valence-electron chi connectivity index (χ4n) is 1.93. The zero-order valence-electron chi connectivity index (χ0n) is 12.9. The average molecular weight is 316 g/mol. The number of anilines is 1. The highest BCUT2D eigenvalue weighted by Gasteiger charge is 2.10. The van der Waals surface area contributed by atoms with Crippen molar-refractivity contribution in [1.82, 2.24) is 5.32 Å². The third-order valence-electron chi connectivity index (χ3n) is 3.24. The molecule has 0 saturated carbocycles. The predicted molar refractivity (Wildman–Crippen MR) is 85.1 cm³/mol. The zero-order valence-corrected chi connectivity index (χ0v) is 12.9. The molecule has 0 aromatic heterocycles. The first kappa shape index (κ1) is 16.5. The van der Waals surface area contributed by atoms with Gasteiger partial charge in [0.1, 0.15) is 11.6 Å². The molecule has 2 N–H and O–H groups in total. The molecule has 5 nitrogen and oxygen atoms in total. The van der Waals surface area contributed by atoms with Crippen molar-refractivity contribution in [2.24, 2.45) is 0 Å². The summed E-state index contributed by atoms with van der Waals surface area (Å²) in [4.78, 5) is 23.8. The van der Waals surface area contributed by atoms with Crippen molar-refractivity contribution in [3.63, 3.8) is 0 Å². The molecule has 0 heterocycles. The van der Waals surface area contributed by atoms with Crippen molar-refractivity contribution in [2.45, 2.75) is 6.92 Å². The van der Waals surface area contributed by atoms with Gasteiger partial charge in [-0.25, -0.2) is 4.39 Å². The Morgan fingerprint density at radius 1 is 1.13 bits per heavy atom. The summed E-state index contributed by atoms with van der Waals surface area (Å²) in [5.74, 6) is -0.603. The minimum Gasteiger partial charge on any atom is -0.497 e. The summed E-state index contributed by atoms with van der Waals surface area (Å²) >= 11 is 0. The molecule has 0 unspecified atom stereocenters. The van der Waals surface area contributed by atoms with Gasteiger partial charge in [-0.05, 0) is 48.9 Å². The number of methoxy groups -OCH3 is 1. The minimum atomic E-state index is -0.437. The number of amides is 2. The molecule has 6 heteroatoms. The standard InChI is InChI=1S/C17H17FN2O3/c1-11-3-6-13(18)9-15(11)20-16(21)10-19-17(22)12-4-7-14(23-2)8-5-12/h3-9H,10H2,1-2H3,(H,19,22)(H,20,21). The number of carbonyl (C=O) groups is 2. The van der Waals surface area contributed by atoms with Crippen LogP contribution in [0.4, 0.5) is 10.1 Å². The lowest BCUT2D eigenvalue weighted by Gasteiger charge is -2.09. The summed E-state index contributed by atoms with van der Waals surface area (Å²) < 4.78 is 18.2. The van der Waals surface area contributed by atoms with Gasteiger partial charge in [0.15, 0.2) is 0 Å². The first-order chi connectivity index (χ1) is 11.0. The Labute approximate surface area is 133 Å². The molecule has 0 aliphatic heterocycles. The molecule has 0 saturated heterocycles.